The minimum atomic E-state index is -4.42. The number of rotatable bonds is 13. The molecular weight excluding hydrogens is 463 g/mol. The van der Waals surface area contributed by atoms with E-state index in [4.69, 9.17) is 15.2 Å². The summed E-state index contributed by atoms with van der Waals surface area (Å²) < 4.78 is 47.9. The minimum Gasteiger partial charge on any atom is -0.488 e. The maximum atomic E-state index is 12.5. The van der Waals surface area contributed by atoms with Gasteiger partial charge in [-0.1, -0.05) is 24.3 Å². The van der Waals surface area contributed by atoms with Crippen molar-refractivity contribution in [1.82, 2.24) is 5.32 Å². The van der Waals surface area contributed by atoms with Crippen LogP contribution in [0.1, 0.15) is 35.7 Å². The van der Waals surface area contributed by atoms with E-state index in [0.717, 1.165) is 24.1 Å². The topological polar surface area (TPSA) is 97.1 Å². The van der Waals surface area contributed by atoms with Crippen molar-refractivity contribution in [1.29, 1.82) is 0 Å². The van der Waals surface area contributed by atoms with E-state index < -0.39 is 18.7 Å². The Bertz CT molecular complexity index is 987. The molecule has 1 unspecified atom stereocenters. The molecule has 0 saturated heterocycles. The number of nitrogens with one attached hydrogen (secondary N) is 1. The quantitative estimate of drug-likeness (QED) is 0.369. The van der Waals surface area contributed by atoms with Crippen molar-refractivity contribution in [3.05, 3.63) is 53.6 Å². The first-order valence-corrected chi connectivity index (χ1v) is 11.6. The van der Waals surface area contributed by atoms with Gasteiger partial charge in [-0.15, -0.1) is 0 Å². The molecule has 10 heteroatoms. The maximum absolute atomic E-state index is 12.5. The number of nitrogens with zero attached hydrogens (tertiary/aromatic N) is 1. The summed E-state index contributed by atoms with van der Waals surface area (Å²) in [5.74, 6) is -0.169. The summed E-state index contributed by atoms with van der Waals surface area (Å²) in [6.07, 6.45) is -2.29. The van der Waals surface area contributed by atoms with Crippen LogP contribution < -0.4 is 25.4 Å². The number of carbonyl (C=O) groups is 1. The highest BCUT2D eigenvalue weighted by Gasteiger charge is 2.33. The summed E-state index contributed by atoms with van der Waals surface area (Å²) in [6.45, 7) is 2.07. The van der Waals surface area contributed by atoms with Gasteiger partial charge in [0.15, 0.2) is 18.1 Å². The number of primary amides is 1. The summed E-state index contributed by atoms with van der Waals surface area (Å²) >= 11 is 0. The normalized spacial score (nSPS) is 16.1. The molecule has 0 spiro atoms. The molecule has 35 heavy (non-hydrogen) atoms. The molecule has 0 bridgehead atoms. The summed E-state index contributed by atoms with van der Waals surface area (Å²) in [5, 5.41) is 12.7. The number of aliphatic hydroxyl groups excluding tert-OH is 1. The minimum absolute atomic E-state index is 0.0476. The molecule has 2 aromatic carbocycles. The van der Waals surface area contributed by atoms with Gasteiger partial charge in [0, 0.05) is 31.8 Å². The number of halogens is 3. The van der Waals surface area contributed by atoms with Gasteiger partial charge >= 0.3 is 6.18 Å². The second-order valence-electron chi connectivity index (χ2n) is 8.60. The molecule has 0 aromatic heterocycles. The molecule has 1 aliphatic rings. The summed E-state index contributed by atoms with van der Waals surface area (Å²) in [4.78, 5) is 14.1. The number of amides is 1. The van der Waals surface area contributed by atoms with Crippen molar-refractivity contribution in [3.63, 3.8) is 0 Å². The zero-order valence-corrected chi connectivity index (χ0v) is 19.7. The highest BCUT2D eigenvalue weighted by atomic mass is 19.4. The lowest BCUT2D eigenvalue weighted by Crippen LogP contribution is -2.40. The highest BCUT2D eigenvalue weighted by molar-refractivity contribution is 6.00. The van der Waals surface area contributed by atoms with E-state index in [1.54, 1.807) is 24.3 Å². The molecule has 2 atom stereocenters. The number of carbonyl (C=O) groups excluding carboxylic acids is 1. The van der Waals surface area contributed by atoms with Crippen molar-refractivity contribution in [3.8, 4) is 11.5 Å². The van der Waals surface area contributed by atoms with E-state index in [1.807, 2.05) is 19.1 Å². The summed E-state index contributed by atoms with van der Waals surface area (Å²) in [6, 6.07) is 12.1. The molecule has 0 aliphatic carbocycles. The van der Waals surface area contributed by atoms with E-state index in [9.17, 15) is 23.1 Å². The monoisotopic (exact) mass is 495 g/mol. The van der Waals surface area contributed by atoms with Crippen LogP contribution in [0.4, 0.5) is 18.9 Å². The average Bonchev–Trinajstić information content (AvgIpc) is 3.15. The van der Waals surface area contributed by atoms with Crippen LogP contribution in [-0.2, 0) is 6.42 Å². The third-order valence-corrected chi connectivity index (χ3v) is 5.84. The fourth-order valence-electron chi connectivity index (χ4n) is 4.39. The van der Waals surface area contributed by atoms with Crippen LogP contribution in [0.15, 0.2) is 42.5 Å². The van der Waals surface area contributed by atoms with E-state index in [0.29, 0.717) is 25.1 Å². The number of hydrogen-bond donors (Lipinski definition) is 3. The number of nitrogens with two attached hydrogens (primary N) is 1. The van der Waals surface area contributed by atoms with Gasteiger partial charge in [-0.3, -0.25) is 4.79 Å². The number of aliphatic hydroxyl groups is 1. The molecule has 1 heterocycles. The number of ether oxygens (including phenoxy) is 2. The van der Waals surface area contributed by atoms with Gasteiger partial charge in [0.25, 0.3) is 5.91 Å². The van der Waals surface area contributed by atoms with Gasteiger partial charge < -0.3 is 30.5 Å². The van der Waals surface area contributed by atoms with E-state index >= 15 is 0 Å². The molecule has 7 nitrogen and oxygen atoms in total. The van der Waals surface area contributed by atoms with Crippen molar-refractivity contribution < 1.29 is 32.5 Å². The zero-order valence-electron chi connectivity index (χ0n) is 19.7. The molecular formula is C25H32F3N3O4. The molecule has 1 amide bonds. The van der Waals surface area contributed by atoms with Gasteiger partial charge in [-0.05, 0) is 49.9 Å². The van der Waals surface area contributed by atoms with E-state index in [1.165, 1.54) is 6.07 Å². The molecule has 0 fully saturated rings. The number of para-hydroxylation sites is 3. The van der Waals surface area contributed by atoms with Crippen LogP contribution in [0.25, 0.3) is 0 Å². The van der Waals surface area contributed by atoms with Crippen LogP contribution in [0, 0.1) is 0 Å². The van der Waals surface area contributed by atoms with Crippen LogP contribution in [0.2, 0.25) is 0 Å². The number of fused-ring (bicyclic) bond motifs is 1. The van der Waals surface area contributed by atoms with E-state index in [2.05, 4.69) is 10.2 Å². The van der Waals surface area contributed by atoms with Crippen molar-refractivity contribution in [2.75, 3.05) is 37.8 Å². The number of anilines is 1. The first-order valence-electron chi connectivity index (χ1n) is 11.6. The predicted octanol–water partition coefficient (Wildman–Crippen LogP) is 3.29. The first kappa shape index (κ1) is 26.6. The lowest BCUT2D eigenvalue weighted by atomic mass is 10.0. The molecule has 4 N–H and O–H groups in total. The van der Waals surface area contributed by atoms with Gasteiger partial charge in [0.2, 0.25) is 0 Å². The SMILES string of the molecule is CC(C[C@H]1Cc2cccc(C(N)=O)c2N1CCCO)NCCOc1ccccc1OCC(F)(F)F. The van der Waals surface area contributed by atoms with Gasteiger partial charge in [-0.2, -0.15) is 13.2 Å². The second kappa shape index (κ2) is 12.1. The molecule has 3 rings (SSSR count). The predicted molar refractivity (Wildman–Crippen MR) is 127 cm³/mol. The Kier molecular flexibility index (Phi) is 9.22. The smallest absolute Gasteiger partial charge is 0.422 e. The summed E-state index contributed by atoms with van der Waals surface area (Å²) in [7, 11) is 0. The van der Waals surface area contributed by atoms with Gasteiger partial charge in [-0.25, -0.2) is 0 Å². The Balaban J connectivity index is 1.53. The Hall–Kier alpha value is -2.98. The maximum Gasteiger partial charge on any atom is 0.422 e. The van der Waals surface area contributed by atoms with Gasteiger partial charge in [0.05, 0.1) is 11.3 Å². The van der Waals surface area contributed by atoms with Crippen molar-refractivity contribution in [2.45, 2.75) is 44.4 Å². The number of alkyl halides is 3. The lowest BCUT2D eigenvalue weighted by molar-refractivity contribution is -0.153. The highest BCUT2D eigenvalue weighted by Crippen LogP contribution is 2.37. The van der Waals surface area contributed by atoms with Crippen molar-refractivity contribution >= 4 is 11.6 Å². The van der Waals surface area contributed by atoms with Crippen LogP contribution in [0.5, 0.6) is 11.5 Å². The Morgan fingerprint density at radius 2 is 1.91 bits per heavy atom. The fraction of sp³-hybridized carbons (Fsp3) is 0.480. The molecule has 2 aromatic rings. The largest absolute Gasteiger partial charge is 0.488 e. The number of benzene rings is 2. The lowest BCUT2D eigenvalue weighted by Gasteiger charge is -2.30. The van der Waals surface area contributed by atoms with E-state index in [-0.39, 0.29) is 36.8 Å². The standard InChI is InChI=1S/C25H32F3N3O4/c1-17(30-10-13-34-21-8-2-3-9-22(21)35-16-25(26,27)28)14-19-15-18-6-4-7-20(24(29)33)23(18)31(19)11-5-12-32/h2-4,6-9,17,19,30,32H,5,10-16H2,1H3,(H2,29,33)/t17?,19-/m0/s1. The second-order valence-corrected chi connectivity index (χ2v) is 8.60. The van der Waals surface area contributed by atoms with Crippen molar-refractivity contribution in [2.24, 2.45) is 5.73 Å². The molecule has 0 saturated carbocycles. The molecule has 0 radical (unpaired) electrons. The Labute approximate surface area is 203 Å². The Morgan fingerprint density at radius 1 is 1.20 bits per heavy atom. The third-order valence-electron chi connectivity index (χ3n) is 5.84. The van der Waals surface area contributed by atoms with Crippen LogP contribution in [-0.4, -0.2) is 62.2 Å². The number of hydrogen-bond acceptors (Lipinski definition) is 6. The molecule has 1 aliphatic heterocycles. The first-order chi connectivity index (χ1) is 16.7. The Morgan fingerprint density at radius 3 is 2.57 bits per heavy atom. The summed E-state index contributed by atoms with van der Waals surface area (Å²) in [5.41, 5.74) is 8.00. The average molecular weight is 496 g/mol. The zero-order chi connectivity index (χ0) is 25.4. The fourth-order valence-corrected chi connectivity index (χ4v) is 4.39. The third kappa shape index (κ3) is 7.50. The van der Waals surface area contributed by atoms with Crippen LogP contribution in [0.3, 0.4) is 0 Å². The van der Waals surface area contributed by atoms with Crippen LogP contribution >= 0.6 is 0 Å². The molecule has 192 valence electrons. The van der Waals surface area contributed by atoms with Gasteiger partial charge in [0.1, 0.15) is 6.61 Å².